The first kappa shape index (κ1) is 26.6. The smallest absolute Gasteiger partial charge is 0.329 e. The number of amides is 2. The molecule has 0 aromatic heterocycles. The van der Waals surface area contributed by atoms with Gasteiger partial charge in [-0.05, 0) is 42.7 Å². The van der Waals surface area contributed by atoms with Crippen LogP contribution >= 0.6 is 0 Å². The van der Waals surface area contributed by atoms with Crippen molar-refractivity contribution in [3.63, 3.8) is 0 Å². The molecule has 0 radical (unpaired) electrons. The molecule has 1 N–H and O–H groups in total. The fraction of sp³-hybridized carbons (Fsp3) is 0.400. The lowest BCUT2D eigenvalue weighted by Crippen LogP contribution is -2.46. The van der Waals surface area contributed by atoms with E-state index in [2.05, 4.69) is 5.32 Å². The van der Waals surface area contributed by atoms with Crippen LogP contribution in [0.3, 0.4) is 0 Å². The Kier molecular flexibility index (Phi) is 9.85. The molecule has 1 atom stereocenters. The second-order valence-electron chi connectivity index (χ2n) is 7.94. The third-order valence-electron chi connectivity index (χ3n) is 5.16. The van der Waals surface area contributed by atoms with E-state index in [1.165, 1.54) is 43.4 Å². The quantitative estimate of drug-likeness (QED) is 0.503. The number of esters is 1. The summed E-state index contributed by atoms with van der Waals surface area (Å²) in [7, 11) is 2.94. The molecule has 2 amide bonds. The number of halogens is 1. The molecule has 0 spiro atoms. The first-order chi connectivity index (χ1) is 16.2. The van der Waals surface area contributed by atoms with Gasteiger partial charge in [-0.2, -0.15) is 0 Å². The summed E-state index contributed by atoms with van der Waals surface area (Å²) in [5.41, 5.74) is 0.876. The standard InChI is InChI=1S/C25H31FN2O6/c1-6-28(14-17-8-7-9-19(26)10-17)22(29)15-34-25(31)23(16(2)3)27-24(30)18-11-20(32-4)13-21(12-18)33-5/h7-13,16,23H,6,14-15H2,1-5H3,(H,27,30)/t23-/m0/s1. The molecule has 8 nitrogen and oxygen atoms in total. The average Bonchev–Trinajstić information content (AvgIpc) is 2.83. The van der Waals surface area contributed by atoms with Gasteiger partial charge in [0.2, 0.25) is 0 Å². The number of nitrogens with one attached hydrogen (secondary N) is 1. The Morgan fingerprint density at radius 2 is 1.68 bits per heavy atom. The maximum Gasteiger partial charge on any atom is 0.329 e. The van der Waals surface area contributed by atoms with Crippen molar-refractivity contribution in [2.24, 2.45) is 5.92 Å². The highest BCUT2D eigenvalue weighted by atomic mass is 19.1. The highest BCUT2D eigenvalue weighted by molar-refractivity contribution is 5.97. The molecule has 2 aromatic carbocycles. The summed E-state index contributed by atoms with van der Waals surface area (Å²) in [4.78, 5) is 39.5. The molecule has 2 rings (SSSR count). The van der Waals surface area contributed by atoms with E-state index in [0.29, 0.717) is 23.6 Å². The summed E-state index contributed by atoms with van der Waals surface area (Å²) >= 11 is 0. The van der Waals surface area contributed by atoms with Crippen LogP contribution in [0.5, 0.6) is 11.5 Å². The largest absolute Gasteiger partial charge is 0.497 e. The van der Waals surface area contributed by atoms with Crippen molar-refractivity contribution in [1.29, 1.82) is 0 Å². The van der Waals surface area contributed by atoms with Gasteiger partial charge in [0, 0.05) is 24.7 Å². The molecular formula is C25H31FN2O6. The molecular weight excluding hydrogens is 443 g/mol. The van der Waals surface area contributed by atoms with Crippen LogP contribution in [0.25, 0.3) is 0 Å². The van der Waals surface area contributed by atoms with E-state index in [9.17, 15) is 18.8 Å². The number of rotatable bonds is 11. The van der Waals surface area contributed by atoms with Crippen molar-refractivity contribution in [3.05, 3.63) is 59.4 Å². The van der Waals surface area contributed by atoms with Crippen molar-refractivity contribution in [3.8, 4) is 11.5 Å². The van der Waals surface area contributed by atoms with Gasteiger partial charge in [0.25, 0.3) is 11.8 Å². The number of ether oxygens (including phenoxy) is 3. The van der Waals surface area contributed by atoms with E-state index in [0.717, 1.165) is 0 Å². The number of hydrogen-bond donors (Lipinski definition) is 1. The Hall–Kier alpha value is -3.62. The molecule has 0 fully saturated rings. The number of methoxy groups -OCH3 is 2. The van der Waals surface area contributed by atoms with E-state index in [-0.39, 0.29) is 18.0 Å². The zero-order valence-corrected chi connectivity index (χ0v) is 20.1. The number of hydrogen-bond acceptors (Lipinski definition) is 6. The molecule has 0 aliphatic carbocycles. The summed E-state index contributed by atoms with van der Waals surface area (Å²) in [5.74, 6) is -1.50. The molecule has 9 heteroatoms. The van der Waals surface area contributed by atoms with Gasteiger partial charge in [0.1, 0.15) is 23.4 Å². The summed E-state index contributed by atoms with van der Waals surface area (Å²) in [6.07, 6.45) is 0. The van der Waals surface area contributed by atoms with Gasteiger partial charge in [-0.25, -0.2) is 9.18 Å². The van der Waals surface area contributed by atoms with Gasteiger partial charge in [-0.15, -0.1) is 0 Å². The summed E-state index contributed by atoms with van der Waals surface area (Å²) in [6, 6.07) is 9.65. The molecule has 0 saturated heterocycles. The van der Waals surface area contributed by atoms with Crippen LogP contribution in [0.15, 0.2) is 42.5 Å². The number of carbonyl (C=O) groups excluding carboxylic acids is 3. The zero-order valence-electron chi connectivity index (χ0n) is 20.1. The van der Waals surface area contributed by atoms with Crippen LogP contribution in [0.1, 0.15) is 36.7 Å². The monoisotopic (exact) mass is 474 g/mol. The lowest BCUT2D eigenvalue weighted by atomic mass is 10.0. The van der Waals surface area contributed by atoms with Gasteiger partial charge in [0.05, 0.1) is 14.2 Å². The first-order valence-electron chi connectivity index (χ1n) is 10.9. The number of likely N-dealkylation sites (N-methyl/N-ethyl adjacent to an activating group) is 1. The summed E-state index contributed by atoms with van der Waals surface area (Å²) < 4.78 is 29.0. The van der Waals surface area contributed by atoms with Crippen molar-refractivity contribution < 1.29 is 33.0 Å². The van der Waals surface area contributed by atoms with Crippen molar-refractivity contribution in [2.75, 3.05) is 27.4 Å². The minimum Gasteiger partial charge on any atom is -0.497 e. The molecule has 0 unspecified atom stereocenters. The van der Waals surface area contributed by atoms with Crippen LogP contribution in [0.4, 0.5) is 4.39 Å². The Bertz CT molecular complexity index is 988. The van der Waals surface area contributed by atoms with Gasteiger partial charge in [-0.1, -0.05) is 26.0 Å². The molecule has 184 valence electrons. The highest BCUT2D eigenvalue weighted by Crippen LogP contribution is 2.22. The maximum absolute atomic E-state index is 13.4. The number of nitrogens with zero attached hydrogens (tertiary/aromatic N) is 1. The highest BCUT2D eigenvalue weighted by Gasteiger charge is 2.28. The Morgan fingerprint density at radius 1 is 1.03 bits per heavy atom. The molecule has 0 heterocycles. The lowest BCUT2D eigenvalue weighted by molar-refractivity contribution is -0.154. The molecule has 0 aliphatic rings. The van der Waals surface area contributed by atoms with Crippen molar-refractivity contribution in [1.82, 2.24) is 10.2 Å². The first-order valence-corrected chi connectivity index (χ1v) is 10.9. The second-order valence-corrected chi connectivity index (χ2v) is 7.94. The Labute approximate surface area is 199 Å². The van der Waals surface area contributed by atoms with Crippen LogP contribution in [0.2, 0.25) is 0 Å². The Balaban J connectivity index is 2.02. The van der Waals surface area contributed by atoms with Gasteiger partial charge >= 0.3 is 5.97 Å². The molecule has 34 heavy (non-hydrogen) atoms. The average molecular weight is 475 g/mol. The van der Waals surface area contributed by atoms with Crippen LogP contribution in [-0.2, 0) is 20.9 Å². The zero-order chi connectivity index (χ0) is 25.3. The normalized spacial score (nSPS) is 11.5. The predicted octanol–water partition coefficient (Wildman–Crippen LogP) is 3.19. The van der Waals surface area contributed by atoms with E-state index < -0.39 is 36.2 Å². The third kappa shape index (κ3) is 7.47. The van der Waals surface area contributed by atoms with Gasteiger partial charge < -0.3 is 24.4 Å². The van der Waals surface area contributed by atoms with E-state index in [4.69, 9.17) is 14.2 Å². The van der Waals surface area contributed by atoms with Gasteiger partial charge in [-0.3, -0.25) is 9.59 Å². The SMILES string of the molecule is CCN(Cc1cccc(F)c1)C(=O)COC(=O)[C@@H](NC(=O)c1cc(OC)cc(OC)c1)C(C)C. The molecule has 2 aromatic rings. The minimum atomic E-state index is -0.976. The number of benzene rings is 2. The minimum absolute atomic E-state index is 0.187. The molecule has 0 saturated carbocycles. The number of carbonyl (C=O) groups is 3. The predicted molar refractivity (Wildman–Crippen MR) is 124 cm³/mol. The Morgan fingerprint density at radius 3 is 2.21 bits per heavy atom. The van der Waals surface area contributed by atoms with E-state index in [1.807, 2.05) is 0 Å². The second kappa shape index (κ2) is 12.6. The van der Waals surface area contributed by atoms with E-state index in [1.54, 1.807) is 39.0 Å². The van der Waals surface area contributed by atoms with Crippen molar-refractivity contribution in [2.45, 2.75) is 33.4 Å². The lowest BCUT2D eigenvalue weighted by Gasteiger charge is -2.23. The fourth-order valence-electron chi connectivity index (χ4n) is 3.21. The fourth-order valence-corrected chi connectivity index (χ4v) is 3.21. The molecule has 0 bridgehead atoms. The summed E-state index contributed by atoms with van der Waals surface area (Å²) in [6.45, 7) is 5.33. The molecule has 0 aliphatic heterocycles. The van der Waals surface area contributed by atoms with Crippen LogP contribution < -0.4 is 14.8 Å². The van der Waals surface area contributed by atoms with E-state index >= 15 is 0 Å². The topological polar surface area (TPSA) is 94.2 Å². The summed E-state index contributed by atoms with van der Waals surface area (Å²) in [5, 5.41) is 2.66. The van der Waals surface area contributed by atoms with Gasteiger partial charge in [0.15, 0.2) is 6.61 Å². The maximum atomic E-state index is 13.4. The third-order valence-corrected chi connectivity index (χ3v) is 5.16. The van der Waals surface area contributed by atoms with Crippen LogP contribution in [-0.4, -0.2) is 56.1 Å². The van der Waals surface area contributed by atoms with Crippen molar-refractivity contribution >= 4 is 17.8 Å². The van der Waals surface area contributed by atoms with Crippen LogP contribution in [0, 0.1) is 11.7 Å².